The minimum atomic E-state index is -0.728. The minimum absolute atomic E-state index is 0.0844. The van der Waals surface area contributed by atoms with Gasteiger partial charge < -0.3 is 20.9 Å². The number of carbonyl (C=O) groups is 1. The molecule has 0 bridgehead atoms. The maximum atomic E-state index is 11.6. The number of benzene rings is 2. The first kappa shape index (κ1) is 13.7. The largest absolute Gasteiger partial charge is 0.508 e. The number of aromatic hydroxyl groups is 1. The van der Waals surface area contributed by atoms with Crippen LogP contribution in [0.3, 0.4) is 0 Å². The van der Waals surface area contributed by atoms with E-state index in [2.05, 4.69) is 5.32 Å². The number of nitrogens with two attached hydrogens (primary N) is 1. The van der Waals surface area contributed by atoms with Crippen molar-refractivity contribution >= 4 is 11.6 Å². The predicted molar refractivity (Wildman–Crippen MR) is 76.7 cm³/mol. The molecule has 0 aromatic heterocycles. The summed E-state index contributed by atoms with van der Waals surface area (Å²) in [6.07, 6.45) is 0. The van der Waals surface area contributed by atoms with Crippen LogP contribution < -0.4 is 15.8 Å². The second kappa shape index (κ2) is 5.97. The highest BCUT2D eigenvalue weighted by atomic mass is 16.5. The number of primary amides is 1. The Labute approximate surface area is 117 Å². The zero-order chi connectivity index (χ0) is 14.5. The van der Waals surface area contributed by atoms with Gasteiger partial charge in [-0.15, -0.1) is 0 Å². The van der Waals surface area contributed by atoms with E-state index < -0.39 is 11.9 Å². The Morgan fingerprint density at radius 1 is 1.25 bits per heavy atom. The molecule has 5 nitrogen and oxygen atoms in total. The summed E-state index contributed by atoms with van der Waals surface area (Å²) in [5.74, 6) is 0.230. The van der Waals surface area contributed by atoms with Gasteiger partial charge in [-0.2, -0.15) is 0 Å². The molecular weight excluding hydrogens is 256 g/mol. The average molecular weight is 272 g/mol. The number of phenolic OH excluding ortho intramolecular Hbond substituents is 1. The summed E-state index contributed by atoms with van der Waals surface area (Å²) in [6, 6.07) is 12.9. The van der Waals surface area contributed by atoms with Crippen molar-refractivity contribution in [3.63, 3.8) is 0 Å². The van der Waals surface area contributed by atoms with Crippen molar-refractivity contribution < 1.29 is 14.6 Å². The van der Waals surface area contributed by atoms with E-state index in [1.54, 1.807) is 37.4 Å². The lowest BCUT2D eigenvalue weighted by Crippen LogP contribution is -2.27. The number of carbonyl (C=O) groups excluding carboxylic acids is 1. The van der Waals surface area contributed by atoms with Crippen LogP contribution >= 0.6 is 0 Å². The number of hydrogen-bond acceptors (Lipinski definition) is 4. The third-order valence-corrected chi connectivity index (χ3v) is 2.87. The molecule has 2 aromatic carbocycles. The van der Waals surface area contributed by atoms with Crippen molar-refractivity contribution in [3.05, 3.63) is 54.1 Å². The van der Waals surface area contributed by atoms with E-state index in [1.807, 2.05) is 6.07 Å². The molecule has 1 amide bonds. The van der Waals surface area contributed by atoms with E-state index in [4.69, 9.17) is 10.5 Å². The van der Waals surface area contributed by atoms with Gasteiger partial charge in [0.25, 0.3) is 0 Å². The molecule has 4 N–H and O–H groups in total. The van der Waals surface area contributed by atoms with Crippen LogP contribution in [0.5, 0.6) is 11.5 Å². The van der Waals surface area contributed by atoms with Crippen LogP contribution in [0.15, 0.2) is 48.5 Å². The molecule has 2 aromatic rings. The average Bonchev–Trinajstić information content (AvgIpc) is 2.44. The van der Waals surface area contributed by atoms with Gasteiger partial charge in [0.2, 0.25) is 5.91 Å². The van der Waals surface area contributed by atoms with E-state index in [1.165, 1.54) is 12.1 Å². The van der Waals surface area contributed by atoms with Crippen LogP contribution in [0.2, 0.25) is 0 Å². The standard InChI is InChI=1S/C15H16N2O3/c1-20-13-7-3-5-11(9-13)17-14(15(16)19)10-4-2-6-12(18)8-10/h2-9,14,17-18H,1H3,(H2,16,19). The zero-order valence-corrected chi connectivity index (χ0v) is 11.0. The highest BCUT2D eigenvalue weighted by molar-refractivity contribution is 5.84. The van der Waals surface area contributed by atoms with Gasteiger partial charge in [0.1, 0.15) is 17.5 Å². The Kier molecular flexibility index (Phi) is 4.10. The predicted octanol–water partition coefficient (Wildman–Crippen LogP) is 2.04. The Balaban J connectivity index is 2.28. The summed E-state index contributed by atoms with van der Waals surface area (Å²) < 4.78 is 5.13. The molecule has 2 rings (SSSR count). The number of anilines is 1. The lowest BCUT2D eigenvalue weighted by atomic mass is 10.1. The molecule has 20 heavy (non-hydrogen) atoms. The summed E-state index contributed by atoms with van der Waals surface area (Å²) in [4.78, 5) is 11.6. The van der Waals surface area contributed by atoms with Gasteiger partial charge in [-0.05, 0) is 29.8 Å². The van der Waals surface area contributed by atoms with Crippen molar-refractivity contribution in [1.29, 1.82) is 0 Å². The van der Waals surface area contributed by atoms with E-state index in [0.717, 1.165) is 0 Å². The molecule has 0 saturated carbocycles. The molecule has 0 fully saturated rings. The molecule has 0 aliphatic carbocycles. The highest BCUT2D eigenvalue weighted by Crippen LogP contribution is 2.24. The van der Waals surface area contributed by atoms with Crippen LogP contribution in [-0.2, 0) is 4.79 Å². The highest BCUT2D eigenvalue weighted by Gasteiger charge is 2.18. The maximum Gasteiger partial charge on any atom is 0.244 e. The third-order valence-electron chi connectivity index (χ3n) is 2.87. The van der Waals surface area contributed by atoms with Crippen molar-refractivity contribution in [2.75, 3.05) is 12.4 Å². The molecule has 0 spiro atoms. The molecular formula is C15H16N2O3. The maximum absolute atomic E-state index is 11.6. The van der Waals surface area contributed by atoms with Gasteiger partial charge in [-0.3, -0.25) is 4.79 Å². The SMILES string of the molecule is COc1cccc(NC(C(N)=O)c2cccc(O)c2)c1. The molecule has 0 radical (unpaired) electrons. The lowest BCUT2D eigenvalue weighted by Gasteiger charge is -2.17. The number of hydrogen-bond donors (Lipinski definition) is 3. The van der Waals surface area contributed by atoms with Crippen molar-refractivity contribution in [2.24, 2.45) is 5.73 Å². The van der Waals surface area contributed by atoms with Gasteiger partial charge in [0.15, 0.2) is 0 Å². The lowest BCUT2D eigenvalue weighted by molar-refractivity contribution is -0.118. The quantitative estimate of drug-likeness (QED) is 0.777. The molecule has 5 heteroatoms. The minimum Gasteiger partial charge on any atom is -0.508 e. The zero-order valence-electron chi connectivity index (χ0n) is 11.0. The van der Waals surface area contributed by atoms with Crippen LogP contribution in [0.4, 0.5) is 5.69 Å². The van der Waals surface area contributed by atoms with Gasteiger partial charge >= 0.3 is 0 Å². The van der Waals surface area contributed by atoms with Crippen LogP contribution in [0.1, 0.15) is 11.6 Å². The Bertz CT molecular complexity index is 614. The number of amides is 1. The van der Waals surface area contributed by atoms with Crippen LogP contribution in [0.25, 0.3) is 0 Å². The number of phenols is 1. The summed E-state index contributed by atoms with van der Waals surface area (Å²) in [5.41, 5.74) is 6.73. The van der Waals surface area contributed by atoms with Gasteiger partial charge in [-0.25, -0.2) is 0 Å². The van der Waals surface area contributed by atoms with Crippen molar-refractivity contribution in [1.82, 2.24) is 0 Å². The summed E-state index contributed by atoms with van der Waals surface area (Å²) in [5, 5.41) is 12.5. The Morgan fingerprint density at radius 2 is 2.00 bits per heavy atom. The Hall–Kier alpha value is -2.69. The summed E-state index contributed by atoms with van der Waals surface area (Å²) in [7, 11) is 1.57. The fraction of sp³-hybridized carbons (Fsp3) is 0.133. The topological polar surface area (TPSA) is 84.6 Å². The smallest absolute Gasteiger partial charge is 0.244 e. The fourth-order valence-electron chi connectivity index (χ4n) is 1.90. The Morgan fingerprint density at radius 3 is 2.65 bits per heavy atom. The molecule has 1 atom stereocenters. The molecule has 1 unspecified atom stereocenters. The molecule has 0 aliphatic heterocycles. The summed E-state index contributed by atoms with van der Waals surface area (Å²) >= 11 is 0. The normalized spacial score (nSPS) is 11.7. The van der Waals surface area contributed by atoms with Gasteiger partial charge in [0, 0.05) is 11.8 Å². The van der Waals surface area contributed by atoms with Crippen LogP contribution in [-0.4, -0.2) is 18.1 Å². The second-order valence-corrected chi connectivity index (χ2v) is 4.31. The number of rotatable bonds is 5. The van der Waals surface area contributed by atoms with Crippen LogP contribution in [0, 0.1) is 0 Å². The summed E-state index contributed by atoms with van der Waals surface area (Å²) in [6.45, 7) is 0. The van der Waals surface area contributed by atoms with Gasteiger partial charge in [0.05, 0.1) is 7.11 Å². The van der Waals surface area contributed by atoms with E-state index in [9.17, 15) is 9.90 Å². The molecule has 0 saturated heterocycles. The van der Waals surface area contributed by atoms with Gasteiger partial charge in [-0.1, -0.05) is 18.2 Å². The monoisotopic (exact) mass is 272 g/mol. The number of methoxy groups -OCH3 is 1. The first-order valence-corrected chi connectivity index (χ1v) is 6.09. The first-order chi connectivity index (χ1) is 9.60. The molecule has 0 heterocycles. The third kappa shape index (κ3) is 3.20. The number of nitrogens with one attached hydrogen (secondary N) is 1. The van der Waals surface area contributed by atoms with Crippen molar-refractivity contribution in [3.8, 4) is 11.5 Å². The van der Waals surface area contributed by atoms with Crippen molar-refractivity contribution in [2.45, 2.75) is 6.04 Å². The number of ether oxygens (including phenoxy) is 1. The van der Waals surface area contributed by atoms with E-state index >= 15 is 0 Å². The second-order valence-electron chi connectivity index (χ2n) is 4.31. The first-order valence-electron chi connectivity index (χ1n) is 6.09. The molecule has 104 valence electrons. The fourth-order valence-corrected chi connectivity index (χ4v) is 1.90. The van der Waals surface area contributed by atoms with E-state index in [-0.39, 0.29) is 5.75 Å². The van der Waals surface area contributed by atoms with E-state index in [0.29, 0.717) is 17.0 Å². The molecule has 0 aliphatic rings.